The van der Waals surface area contributed by atoms with Crippen molar-refractivity contribution in [3.8, 4) is 0 Å². The third-order valence-electron chi connectivity index (χ3n) is 4.22. The Morgan fingerprint density at radius 1 is 1.40 bits per heavy atom. The molecule has 2 aromatic rings. The van der Waals surface area contributed by atoms with Crippen LogP contribution in [-0.2, 0) is 0 Å². The number of carbonyl (C=O) groups excluding carboxylic acids is 1. The van der Waals surface area contributed by atoms with Crippen LogP contribution in [0.4, 0.5) is 5.69 Å². The van der Waals surface area contributed by atoms with Crippen LogP contribution in [-0.4, -0.2) is 21.9 Å². The largest absolute Gasteiger partial charge is 0.381 e. The molecular formula is C15H20N4O. The van der Waals surface area contributed by atoms with Gasteiger partial charge in [-0.25, -0.2) is 4.98 Å². The number of anilines is 1. The molecule has 5 nitrogen and oxygen atoms in total. The second kappa shape index (κ2) is 5.15. The van der Waals surface area contributed by atoms with Gasteiger partial charge in [-0.3, -0.25) is 4.79 Å². The molecule has 1 amide bonds. The van der Waals surface area contributed by atoms with E-state index in [0.29, 0.717) is 11.6 Å². The fourth-order valence-corrected chi connectivity index (χ4v) is 2.96. The van der Waals surface area contributed by atoms with Crippen LogP contribution in [0.5, 0.6) is 0 Å². The summed E-state index contributed by atoms with van der Waals surface area (Å²) in [6.07, 6.45) is 8.10. The zero-order valence-electron chi connectivity index (χ0n) is 11.6. The monoisotopic (exact) mass is 272 g/mol. The van der Waals surface area contributed by atoms with Crippen molar-refractivity contribution in [2.75, 3.05) is 5.32 Å². The van der Waals surface area contributed by atoms with Crippen LogP contribution in [0.25, 0.3) is 11.0 Å². The second-order valence-electron chi connectivity index (χ2n) is 5.75. The molecular weight excluding hydrogens is 252 g/mol. The molecule has 0 saturated heterocycles. The van der Waals surface area contributed by atoms with Gasteiger partial charge in [-0.2, -0.15) is 0 Å². The Kier molecular flexibility index (Phi) is 3.34. The topological polar surface area (TPSA) is 83.8 Å². The van der Waals surface area contributed by atoms with E-state index in [-0.39, 0.29) is 0 Å². The van der Waals surface area contributed by atoms with Crippen molar-refractivity contribution in [3.05, 3.63) is 24.0 Å². The zero-order valence-corrected chi connectivity index (χ0v) is 11.6. The summed E-state index contributed by atoms with van der Waals surface area (Å²) >= 11 is 0. The Morgan fingerprint density at radius 2 is 2.15 bits per heavy atom. The predicted molar refractivity (Wildman–Crippen MR) is 79.7 cm³/mol. The summed E-state index contributed by atoms with van der Waals surface area (Å²) in [6.45, 7) is 2.29. The van der Waals surface area contributed by atoms with Crippen LogP contribution in [0.2, 0.25) is 0 Å². The minimum atomic E-state index is -0.438. The third kappa shape index (κ3) is 2.35. The van der Waals surface area contributed by atoms with Crippen molar-refractivity contribution in [3.63, 3.8) is 0 Å². The summed E-state index contributed by atoms with van der Waals surface area (Å²) in [4.78, 5) is 18.9. The molecule has 0 bridgehead atoms. The van der Waals surface area contributed by atoms with E-state index in [1.54, 1.807) is 6.20 Å². The Balaban J connectivity index is 1.94. The van der Waals surface area contributed by atoms with Crippen molar-refractivity contribution in [1.29, 1.82) is 0 Å². The van der Waals surface area contributed by atoms with E-state index in [9.17, 15) is 4.79 Å². The van der Waals surface area contributed by atoms with Gasteiger partial charge < -0.3 is 16.0 Å². The van der Waals surface area contributed by atoms with Crippen LogP contribution in [0.15, 0.2) is 18.5 Å². The lowest BCUT2D eigenvalue weighted by atomic mass is 9.87. The van der Waals surface area contributed by atoms with Gasteiger partial charge in [0, 0.05) is 23.8 Å². The van der Waals surface area contributed by atoms with Crippen molar-refractivity contribution in [2.45, 2.75) is 38.6 Å². The standard InChI is InChI=1S/C15H20N4O/c1-9-2-4-10(5-3-9)19-13-11-6-7-17-15(11)18-8-12(13)14(16)20/h6-10H,2-5H2,1H3,(H2,16,20)(H2,17,18,19). The van der Waals surface area contributed by atoms with Crippen molar-refractivity contribution in [2.24, 2.45) is 11.7 Å². The number of nitrogens with two attached hydrogens (primary N) is 1. The summed E-state index contributed by atoms with van der Waals surface area (Å²) in [7, 11) is 0. The summed E-state index contributed by atoms with van der Waals surface area (Å²) in [5, 5.41) is 4.45. The molecule has 0 aliphatic heterocycles. The molecule has 1 fully saturated rings. The summed E-state index contributed by atoms with van der Waals surface area (Å²) in [5.41, 5.74) is 7.54. The third-order valence-corrected chi connectivity index (χ3v) is 4.22. The molecule has 4 N–H and O–H groups in total. The number of rotatable bonds is 3. The Morgan fingerprint density at radius 3 is 2.85 bits per heavy atom. The number of aromatic nitrogens is 2. The first-order chi connectivity index (χ1) is 9.65. The van der Waals surface area contributed by atoms with Gasteiger partial charge in [0.1, 0.15) is 5.65 Å². The number of aromatic amines is 1. The number of amides is 1. The van der Waals surface area contributed by atoms with E-state index >= 15 is 0 Å². The molecule has 106 valence electrons. The number of nitrogens with one attached hydrogen (secondary N) is 2. The molecule has 1 aliphatic rings. The predicted octanol–water partition coefficient (Wildman–Crippen LogP) is 2.65. The van der Waals surface area contributed by atoms with Gasteiger partial charge in [0.15, 0.2) is 0 Å². The number of nitrogens with zero attached hydrogens (tertiary/aromatic N) is 1. The lowest BCUT2D eigenvalue weighted by Crippen LogP contribution is -2.27. The molecule has 0 spiro atoms. The molecule has 2 heterocycles. The molecule has 2 aromatic heterocycles. The second-order valence-corrected chi connectivity index (χ2v) is 5.75. The molecule has 0 unspecified atom stereocenters. The number of carbonyl (C=O) groups is 1. The number of hydrogen-bond donors (Lipinski definition) is 3. The first-order valence-corrected chi connectivity index (χ1v) is 7.17. The fourth-order valence-electron chi connectivity index (χ4n) is 2.96. The lowest BCUT2D eigenvalue weighted by molar-refractivity contribution is 0.100. The molecule has 1 saturated carbocycles. The summed E-state index contributed by atoms with van der Waals surface area (Å²) in [6, 6.07) is 2.34. The molecule has 20 heavy (non-hydrogen) atoms. The fraction of sp³-hybridized carbons (Fsp3) is 0.467. The highest BCUT2D eigenvalue weighted by atomic mass is 16.1. The van der Waals surface area contributed by atoms with Gasteiger partial charge in [-0.1, -0.05) is 6.92 Å². The minimum absolute atomic E-state index is 0.407. The number of hydrogen-bond acceptors (Lipinski definition) is 3. The number of fused-ring (bicyclic) bond motifs is 1. The van der Waals surface area contributed by atoms with E-state index < -0.39 is 5.91 Å². The van der Waals surface area contributed by atoms with Crippen LogP contribution in [0.3, 0.4) is 0 Å². The first kappa shape index (κ1) is 13.0. The zero-order chi connectivity index (χ0) is 14.1. The maximum atomic E-state index is 11.6. The van der Waals surface area contributed by atoms with Crippen LogP contribution < -0.4 is 11.1 Å². The molecule has 0 radical (unpaired) electrons. The molecule has 0 aromatic carbocycles. The Hall–Kier alpha value is -2.04. The number of primary amides is 1. The van der Waals surface area contributed by atoms with Crippen LogP contribution in [0, 0.1) is 5.92 Å². The van der Waals surface area contributed by atoms with E-state index in [1.165, 1.54) is 12.8 Å². The van der Waals surface area contributed by atoms with Crippen molar-refractivity contribution >= 4 is 22.6 Å². The molecule has 1 aliphatic carbocycles. The lowest BCUT2D eigenvalue weighted by Gasteiger charge is -2.28. The number of H-pyrrole nitrogens is 1. The quantitative estimate of drug-likeness (QED) is 0.803. The van der Waals surface area contributed by atoms with E-state index in [1.807, 2.05) is 12.3 Å². The average Bonchev–Trinajstić information content (AvgIpc) is 2.90. The average molecular weight is 272 g/mol. The van der Waals surface area contributed by atoms with Gasteiger partial charge in [0.05, 0.1) is 11.3 Å². The molecule has 5 heteroatoms. The van der Waals surface area contributed by atoms with Crippen LogP contribution in [0.1, 0.15) is 43.0 Å². The van der Waals surface area contributed by atoms with Crippen LogP contribution >= 0.6 is 0 Å². The van der Waals surface area contributed by atoms with Crippen molar-refractivity contribution < 1.29 is 4.79 Å². The first-order valence-electron chi connectivity index (χ1n) is 7.17. The molecule has 0 atom stereocenters. The Bertz CT molecular complexity index is 626. The SMILES string of the molecule is CC1CCC(Nc2c(C(N)=O)cnc3[nH]ccc23)CC1. The van der Waals surface area contributed by atoms with Gasteiger partial charge in [-0.05, 0) is 37.7 Å². The maximum Gasteiger partial charge on any atom is 0.252 e. The normalized spacial score (nSPS) is 22.9. The van der Waals surface area contributed by atoms with E-state index in [4.69, 9.17) is 5.73 Å². The van der Waals surface area contributed by atoms with Gasteiger partial charge in [0.2, 0.25) is 0 Å². The highest BCUT2D eigenvalue weighted by Gasteiger charge is 2.21. The molecule has 3 rings (SSSR count). The van der Waals surface area contributed by atoms with E-state index in [2.05, 4.69) is 22.2 Å². The smallest absolute Gasteiger partial charge is 0.252 e. The number of pyridine rings is 1. The van der Waals surface area contributed by atoms with E-state index in [0.717, 1.165) is 35.5 Å². The highest BCUT2D eigenvalue weighted by Crippen LogP contribution is 2.30. The maximum absolute atomic E-state index is 11.6. The van der Waals surface area contributed by atoms with Crippen molar-refractivity contribution in [1.82, 2.24) is 9.97 Å². The van der Waals surface area contributed by atoms with Gasteiger partial charge >= 0.3 is 0 Å². The summed E-state index contributed by atoms with van der Waals surface area (Å²) < 4.78 is 0. The Labute approximate surface area is 118 Å². The summed E-state index contributed by atoms with van der Waals surface area (Å²) in [5.74, 6) is 0.362. The highest BCUT2D eigenvalue weighted by molar-refractivity contribution is 6.05. The van der Waals surface area contributed by atoms with Gasteiger partial charge in [-0.15, -0.1) is 0 Å². The van der Waals surface area contributed by atoms with Gasteiger partial charge in [0.25, 0.3) is 5.91 Å². The minimum Gasteiger partial charge on any atom is -0.381 e.